The van der Waals surface area contributed by atoms with Gasteiger partial charge in [-0.2, -0.15) is 0 Å². The standard InChI is InChI=1S/C23H22O10/c1-9(24)8-22-18(17(28)16-11(19(22)29)4-3-5-12(16)25)23(20(30)13(26)6-10(2)32-23)33-14-7-15(27)31-21(14)22/h3-5,10,14,18,20-21,25,30H,6-8H2,1-2H3/t10-,14-,18-,20-,21+,22-,23-/m1/s1. The Morgan fingerprint density at radius 3 is 2.58 bits per heavy atom. The monoisotopic (exact) mass is 458 g/mol. The van der Waals surface area contributed by atoms with Gasteiger partial charge < -0.3 is 24.4 Å². The second-order valence-corrected chi connectivity index (χ2v) is 9.24. The first-order valence-electron chi connectivity index (χ1n) is 10.7. The second kappa shape index (κ2) is 7.02. The van der Waals surface area contributed by atoms with E-state index in [1.807, 2.05) is 0 Å². The number of esters is 1. The number of aliphatic hydroxyl groups is 1. The zero-order valence-corrected chi connectivity index (χ0v) is 17.9. The molecule has 10 heteroatoms. The summed E-state index contributed by atoms with van der Waals surface area (Å²) in [5.74, 6) is -7.97. The molecule has 1 aromatic rings. The molecule has 174 valence electrons. The molecular formula is C23H22O10. The van der Waals surface area contributed by atoms with Crippen molar-refractivity contribution in [3.8, 4) is 5.75 Å². The highest BCUT2D eigenvalue weighted by Crippen LogP contribution is 2.60. The predicted octanol–water partition coefficient (Wildman–Crippen LogP) is 0.502. The number of hydrogen-bond acceptors (Lipinski definition) is 10. The van der Waals surface area contributed by atoms with E-state index < -0.39 is 82.8 Å². The third-order valence-corrected chi connectivity index (χ3v) is 7.04. The van der Waals surface area contributed by atoms with E-state index in [0.29, 0.717) is 0 Å². The van der Waals surface area contributed by atoms with Crippen LogP contribution in [-0.2, 0) is 28.6 Å². The van der Waals surface area contributed by atoms with Crippen molar-refractivity contribution in [2.45, 2.75) is 63.3 Å². The molecule has 3 aliphatic heterocycles. The number of Topliss-reactive ketones (excluding diaryl/α,β-unsaturated/α-hetero) is 4. The molecular weight excluding hydrogens is 436 g/mol. The summed E-state index contributed by atoms with van der Waals surface area (Å²) in [5.41, 5.74) is -2.45. The number of aromatic hydroxyl groups is 1. The van der Waals surface area contributed by atoms with Crippen LogP contribution in [-0.4, -0.2) is 69.5 Å². The minimum absolute atomic E-state index is 0.138. The summed E-state index contributed by atoms with van der Waals surface area (Å²) in [6, 6.07) is 3.95. The van der Waals surface area contributed by atoms with E-state index in [4.69, 9.17) is 14.2 Å². The SMILES string of the molecule is CC(=O)C[C@]12C(=O)c3cccc(O)c3C(=O)[C@H]1[C@@]1(O[C@H](C)CC(=O)[C@H]1O)O[C@@H]1CC(=O)O[C@@H]12. The number of phenols is 1. The Morgan fingerprint density at radius 2 is 1.88 bits per heavy atom. The lowest BCUT2D eigenvalue weighted by molar-refractivity contribution is -0.373. The number of benzene rings is 1. The normalized spacial score (nSPS) is 39.7. The lowest BCUT2D eigenvalue weighted by Crippen LogP contribution is -2.76. The Balaban J connectivity index is 1.85. The van der Waals surface area contributed by atoms with Crippen molar-refractivity contribution in [1.82, 2.24) is 0 Å². The fourth-order valence-corrected chi connectivity index (χ4v) is 6.02. The molecule has 3 saturated heterocycles. The summed E-state index contributed by atoms with van der Waals surface area (Å²) in [7, 11) is 0. The van der Waals surface area contributed by atoms with E-state index in [-0.39, 0.29) is 24.0 Å². The van der Waals surface area contributed by atoms with Crippen molar-refractivity contribution < 1.29 is 48.4 Å². The molecule has 7 atom stereocenters. The molecule has 3 heterocycles. The third kappa shape index (κ3) is 2.74. The zero-order valence-electron chi connectivity index (χ0n) is 17.9. The minimum atomic E-state index is -2.34. The number of ether oxygens (including phenoxy) is 3. The highest BCUT2D eigenvalue weighted by Gasteiger charge is 2.77. The highest BCUT2D eigenvalue weighted by atomic mass is 16.7. The first-order valence-corrected chi connectivity index (χ1v) is 10.7. The van der Waals surface area contributed by atoms with Crippen LogP contribution >= 0.6 is 0 Å². The van der Waals surface area contributed by atoms with Gasteiger partial charge in [-0.15, -0.1) is 0 Å². The van der Waals surface area contributed by atoms with E-state index in [1.165, 1.54) is 25.1 Å². The molecule has 0 unspecified atom stereocenters. The molecule has 0 aromatic heterocycles. The van der Waals surface area contributed by atoms with Crippen molar-refractivity contribution in [2.24, 2.45) is 11.3 Å². The molecule has 5 rings (SSSR count). The Kier molecular flexibility index (Phi) is 4.65. The van der Waals surface area contributed by atoms with E-state index in [1.54, 1.807) is 6.92 Å². The number of phenolic OH excluding ortho intramolecular Hbond substituents is 1. The van der Waals surface area contributed by atoms with Gasteiger partial charge in [0, 0.05) is 18.4 Å². The van der Waals surface area contributed by atoms with E-state index >= 15 is 0 Å². The summed E-state index contributed by atoms with van der Waals surface area (Å²) in [6.45, 7) is 2.77. The molecule has 0 radical (unpaired) electrons. The van der Waals surface area contributed by atoms with E-state index in [9.17, 15) is 34.2 Å². The van der Waals surface area contributed by atoms with Gasteiger partial charge in [-0.3, -0.25) is 24.0 Å². The van der Waals surface area contributed by atoms with Gasteiger partial charge in [0.2, 0.25) is 5.79 Å². The lowest BCUT2D eigenvalue weighted by Gasteiger charge is -2.59. The van der Waals surface area contributed by atoms with Crippen molar-refractivity contribution in [3.05, 3.63) is 29.3 Å². The first kappa shape index (κ1) is 21.9. The predicted molar refractivity (Wildman–Crippen MR) is 106 cm³/mol. The number of rotatable bonds is 2. The zero-order chi connectivity index (χ0) is 23.9. The minimum Gasteiger partial charge on any atom is -0.507 e. The van der Waals surface area contributed by atoms with Crippen LogP contribution in [0.1, 0.15) is 53.8 Å². The molecule has 0 saturated carbocycles. The van der Waals surface area contributed by atoms with Gasteiger partial charge in [0.05, 0.1) is 29.4 Å². The molecule has 0 amide bonds. The summed E-state index contributed by atoms with van der Waals surface area (Å²) >= 11 is 0. The van der Waals surface area contributed by atoms with Crippen LogP contribution in [0.15, 0.2) is 18.2 Å². The number of aliphatic hydroxyl groups excluding tert-OH is 1. The molecule has 1 aromatic carbocycles. The van der Waals surface area contributed by atoms with Gasteiger partial charge >= 0.3 is 5.97 Å². The molecule has 4 aliphatic rings. The average Bonchev–Trinajstić information content (AvgIpc) is 3.10. The van der Waals surface area contributed by atoms with Gasteiger partial charge in [0.15, 0.2) is 23.5 Å². The molecule has 33 heavy (non-hydrogen) atoms. The third-order valence-electron chi connectivity index (χ3n) is 7.04. The maximum atomic E-state index is 14.1. The van der Waals surface area contributed by atoms with E-state index in [2.05, 4.69) is 0 Å². The number of carbonyl (C=O) groups excluding carboxylic acids is 5. The summed E-state index contributed by atoms with van der Waals surface area (Å²) in [5, 5.41) is 21.5. The number of fused-ring (bicyclic) bond motifs is 5. The second-order valence-electron chi connectivity index (χ2n) is 9.24. The van der Waals surface area contributed by atoms with Crippen LogP contribution in [0.2, 0.25) is 0 Å². The lowest BCUT2D eigenvalue weighted by atomic mass is 9.52. The Labute approximate surface area is 187 Å². The van der Waals surface area contributed by atoms with Crippen LogP contribution in [0, 0.1) is 11.3 Å². The highest BCUT2D eigenvalue weighted by molar-refractivity contribution is 6.20. The molecule has 0 bridgehead atoms. The topological polar surface area (TPSA) is 154 Å². The molecule has 2 N–H and O–H groups in total. The van der Waals surface area contributed by atoms with Gasteiger partial charge in [0.1, 0.15) is 23.7 Å². The van der Waals surface area contributed by atoms with Crippen LogP contribution < -0.4 is 0 Å². The smallest absolute Gasteiger partial charge is 0.308 e. The molecule has 3 fully saturated rings. The van der Waals surface area contributed by atoms with E-state index in [0.717, 1.165) is 0 Å². The van der Waals surface area contributed by atoms with Gasteiger partial charge in [-0.05, 0) is 19.9 Å². The molecule has 1 aliphatic carbocycles. The summed E-state index contributed by atoms with van der Waals surface area (Å²) in [6.07, 6.45) is -6.21. The summed E-state index contributed by atoms with van der Waals surface area (Å²) < 4.78 is 17.4. The fourth-order valence-electron chi connectivity index (χ4n) is 6.02. The quantitative estimate of drug-likeness (QED) is 0.599. The largest absolute Gasteiger partial charge is 0.507 e. The number of hydrogen-bond donors (Lipinski definition) is 2. The van der Waals surface area contributed by atoms with Crippen LogP contribution in [0.3, 0.4) is 0 Å². The van der Waals surface area contributed by atoms with Crippen molar-refractivity contribution in [3.63, 3.8) is 0 Å². The average molecular weight is 458 g/mol. The fraction of sp³-hybridized carbons (Fsp3) is 0.522. The Bertz CT molecular complexity index is 1120. The Morgan fingerprint density at radius 1 is 1.15 bits per heavy atom. The van der Waals surface area contributed by atoms with Crippen LogP contribution in [0.25, 0.3) is 0 Å². The van der Waals surface area contributed by atoms with Crippen molar-refractivity contribution in [2.75, 3.05) is 0 Å². The van der Waals surface area contributed by atoms with Gasteiger partial charge in [-0.25, -0.2) is 0 Å². The van der Waals surface area contributed by atoms with Crippen molar-refractivity contribution >= 4 is 29.1 Å². The van der Waals surface area contributed by atoms with Gasteiger partial charge in [0.25, 0.3) is 0 Å². The Hall–Kier alpha value is -2.95. The van der Waals surface area contributed by atoms with Crippen LogP contribution in [0.4, 0.5) is 0 Å². The molecule has 10 nitrogen and oxygen atoms in total. The summed E-state index contributed by atoms with van der Waals surface area (Å²) in [4.78, 5) is 65.5. The van der Waals surface area contributed by atoms with Crippen molar-refractivity contribution in [1.29, 1.82) is 0 Å². The first-order chi connectivity index (χ1) is 15.5. The van der Waals surface area contributed by atoms with Crippen LogP contribution in [0.5, 0.6) is 5.75 Å². The number of carbonyl (C=O) groups is 5. The molecule has 1 spiro atoms. The number of ketones is 4. The van der Waals surface area contributed by atoms with Gasteiger partial charge in [-0.1, -0.05) is 12.1 Å². The maximum absolute atomic E-state index is 14.1. The maximum Gasteiger partial charge on any atom is 0.308 e.